The van der Waals surface area contributed by atoms with Crippen molar-refractivity contribution in [1.82, 2.24) is 9.55 Å². The summed E-state index contributed by atoms with van der Waals surface area (Å²) in [5.41, 5.74) is 4.83. The van der Waals surface area contributed by atoms with Crippen molar-refractivity contribution >= 4 is 0 Å². The summed E-state index contributed by atoms with van der Waals surface area (Å²) >= 11 is 0. The van der Waals surface area contributed by atoms with E-state index in [1.807, 2.05) is 0 Å². The second-order valence-electron chi connectivity index (χ2n) is 5.71. The van der Waals surface area contributed by atoms with Gasteiger partial charge in [0, 0.05) is 23.6 Å². The first kappa shape index (κ1) is 12.4. The van der Waals surface area contributed by atoms with Crippen LogP contribution in [0.25, 0.3) is 22.5 Å². The van der Waals surface area contributed by atoms with E-state index in [1.54, 1.807) is 0 Å². The molecule has 0 saturated heterocycles. The predicted octanol–water partition coefficient (Wildman–Crippen LogP) is 4.72. The molecule has 1 aliphatic heterocycles. The van der Waals surface area contributed by atoms with E-state index in [0.29, 0.717) is 6.04 Å². The highest BCUT2D eigenvalue weighted by atomic mass is 15.1. The summed E-state index contributed by atoms with van der Waals surface area (Å²) in [6, 6.07) is 21.7. The number of nitrogens with zero attached hydrogens (tertiary/aromatic N) is 2. The molecule has 0 radical (unpaired) electrons. The standard InChI is InChI=1S/C19H18N2/c1-14-12-13-17-20-18(15-8-4-2-5-9-15)19(21(14)17)16-10-6-3-7-11-16/h2-11,14H,12-13H2,1H3/t14-/m0/s1. The fourth-order valence-corrected chi connectivity index (χ4v) is 3.27. The molecule has 0 fully saturated rings. The Labute approximate surface area is 125 Å². The molecular weight excluding hydrogens is 256 g/mol. The molecule has 1 atom stereocenters. The average Bonchev–Trinajstić information content (AvgIpc) is 3.09. The minimum atomic E-state index is 0.528. The van der Waals surface area contributed by atoms with Crippen molar-refractivity contribution in [2.45, 2.75) is 25.8 Å². The van der Waals surface area contributed by atoms with E-state index in [0.717, 1.165) is 12.1 Å². The minimum absolute atomic E-state index is 0.528. The van der Waals surface area contributed by atoms with E-state index in [9.17, 15) is 0 Å². The van der Waals surface area contributed by atoms with Gasteiger partial charge in [-0.15, -0.1) is 0 Å². The molecule has 0 aliphatic carbocycles. The van der Waals surface area contributed by atoms with Crippen LogP contribution in [0.2, 0.25) is 0 Å². The summed E-state index contributed by atoms with van der Waals surface area (Å²) in [4.78, 5) is 4.95. The smallest absolute Gasteiger partial charge is 0.110 e. The molecule has 104 valence electrons. The Balaban J connectivity index is 1.99. The van der Waals surface area contributed by atoms with E-state index in [-0.39, 0.29) is 0 Å². The van der Waals surface area contributed by atoms with Crippen molar-refractivity contribution in [3.8, 4) is 22.5 Å². The topological polar surface area (TPSA) is 17.8 Å². The van der Waals surface area contributed by atoms with Crippen LogP contribution >= 0.6 is 0 Å². The summed E-state index contributed by atoms with van der Waals surface area (Å²) in [7, 11) is 0. The molecule has 0 unspecified atom stereocenters. The van der Waals surface area contributed by atoms with Crippen LogP contribution in [0.1, 0.15) is 25.2 Å². The highest BCUT2D eigenvalue weighted by molar-refractivity contribution is 5.79. The molecule has 2 nitrogen and oxygen atoms in total. The lowest BCUT2D eigenvalue weighted by Gasteiger charge is -2.13. The van der Waals surface area contributed by atoms with Crippen molar-refractivity contribution in [1.29, 1.82) is 0 Å². The van der Waals surface area contributed by atoms with Crippen molar-refractivity contribution in [3.63, 3.8) is 0 Å². The van der Waals surface area contributed by atoms with Crippen LogP contribution < -0.4 is 0 Å². The van der Waals surface area contributed by atoms with Gasteiger partial charge < -0.3 is 4.57 Å². The third kappa shape index (κ3) is 1.99. The first-order valence-corrected chi connectivity index (χ1v) is 7.56. The Bertz CT molecular complexity index is 757. The minimum Gasteiger partial charge on any atom is -0.325 e. The molecule has 0 saturated carbocycles. The van der Waals surface area contributed by atoms with Gasteiger partial charge in [-0.3, -0.25) is 0 Å². The van der Waals surface area contributed by atoms with Gasteiger partial charge in [-0.25, -0.2) is 4.98 Å². The van der Waals surface area contributed by atoms with Crippen molar-refractivity contribution < 1.29 is 0 Å². The number of hydrogen-bond donors (Lipinski definition) is 0. The number of imidazole rings is 1. The molecule has 0 spiro atoms. The normalized spacial score (nSPS) is 16.9. The molecule has 0 bridgehead atoms. The van der Waals surface area contributed by atoms with E-state index in [2.05, 4.69) is 72.2 Å². The quantitative estimate of drug-likeness (QED) is 0.661. The molecule has 0 amide bonds. The lowest BCUT2D eigenvalue weighted by molar-refractivity contribution is 0.586. The number of aryl methyl sites for hydroxylation is 1. The Morgan fingerprint density at radius 3 is 2.19 bits per heavy atom. The van der Waals surface area contributed by atoms with E-state index < -0.39 is 0 Å². The van der Waals surface area contributed by atoms with Crippen LogP contribution in [0.3, 0.4) is 0 Å². The average molecular weight is 274 g/mol. The highest BCUT2D eigenvalue weighted by Crippen LogP contribution is 2.39. The molecular formula is C19H18N2. The first-order chi connectivity index (χ1) is 10.3. The lowest BCUT2D eigenvalue weighted by atomic mass is 10.0. The highest BCUT2D eigenvalue weighted by Gasteiger charge is 2.27. The second-order valence-corrected chi connectivity index (χ2v) is 5.71. The van der Waals surface area contributed by atoms with Gasteiger partial charge in [0.2, 0.25) is 0 Å². The van der Waals surface area contributed by atoms with Crippen molar-refractivity contribution in [2.24, 2.45) is 0 Å². The molecule has 21 heavy (non-hydrogen) atoms. The number of fused-ring (bicyclic) bond motifs is 1. The SMILES string of the molecule is C[C@H]1CCc2nc(-c3ccccc3)c(-c3ccccc3)n21. The number of rotatable bonds is 2. The zero-order chi connectivity index (χ0) is 14.2. The van der Waals surface area contributed by atoms with Gasteiger partial charge in [-0.05, 0) is 13.3 Å². The number of aromatic nitrogens is 2. The first-order valence-electron chi connectivity index (χ1n) is 7.56. The maximum absolute atomic E-state index is 4.95. The summed E-state index contributed by atoms with van der Waals surface area (Å²) in [5.74, 6) is 1.22. The summed E-state index contributed by atoms with van der Waals surface area (Å²) in [5, 5.41) is 0. The molecule has 0 N–H and O–H groups in total. The molecule has 4 rings (SSSR count). The third-order valence-electron chi connectivity index (χ3n) is 4.31. The Morgan fingerprint density at radius 2 is 1.52 bits per heavy atom. The number of hydrogen-bond acceptors (Lipinski definition) is 1. The molecule has 1 aromatic heterocycles. The van der Waals surface area contributed by atoms with E-state index >= 15 is 0 Å². The third-order valence-corrected chi connectivity index (χ3v) is 4.31. The Hall–Kier alpha value is -2.35. The van der Waals surface area contributed by atoms with Crippen LogP contribution in [0.4, 0.5) is 0 Å². The summed E-state index contributed by atoms with van der Waals surface area (Å²) < 4.78 is 2.43. The van der Waals surface area contributed by atoms with Crippen LogP contribution in [0, 0.1) is 0 Å². The van der Waals surface area contributed by atoms with Gasteiger partial charge >= 0.3 is 0 Å². The number of benzene rings is 2. The molecule has 1 aliphatic rings. The zero-order valence-corrected chi connectivity index (χ0v) is 12.2. The zero-order valence-electron chi connectivity index (χ0n) is 12.2. The fourth-order valence-electron chi connectivity index (χ4n) is 3.27. The fraction of sp³-hybridized carbons (Fsp3) is 0.211. The van der Waals surface area contributed by atoms with Gasteiger partial charge in [-0.2, -0.15) is 0 Å². The van der Waals surface area contributed by atoms with E-state index in [1.165, 1.54) is 29.1 Å². The predicted molar refractivity (Wildman–Crippen MR) is 86.1 cm³/mol. The van der Waals surface area contributed by atoms with Gasteiger partial charge in [0.05, 0.1) is 11.4 Å². The van der Waals surface area contributed by atoms with Gasteiger partial charge in [-0.1, -0.05) is 60.7 Å². The van der Waals surface area contributed by atoms with Gasteiger partial charge in [0.25, 0.3) is 0 Å². The van der Waals surface area contributed by atoms with Gasteiger partial charge in [0.15, 0.2) is 0 Å². The lowest BCUT2D eigenvalue weighted by Crippen LogP contribution is -2.01. The van der Waals surface area contributed by atoms with Crippen LogP contribution in [0.5, 0.6) is 0 Å². The summed E-state index contributed by atoms with van der Waals surface area (Å²) in [6.07, 6.45) is 2.27. The molecule has 2 heterocycles. The van der Waals surface area contributed by atoms with Gasteiger partial charge in [0.1, 0.15) is 5.82 Å². The maximum atomic E-state index is 4.95. The molecule has 2 heteroatoms. The van der Waals surface area contributed by atoms with Crippen LogP contribution in [0.15, 0.2) is 60.7 Å². The van der Waals surface area contributed by atoms with Crippen molar-refractivity contribution in [2.75, 3.05) is 0 Å². The monoisotopic (exact) mass is 274 g/mol. The van der Waals surface area contributed by atoms with Crippen LogP contribution in [-0.4, -0.2) is 9.55 Å². The van der Waals surface area contributed by atoms with E-state index in [4.69, 9.17) is 4.98 Å². The second kappa shape index (κ2) is 4.88. The van der Waals surface area contributed by atoms with Crippen molar-refractivity contribution in [3.05, 3.63) is 66.5 Å². The Morgan fingerprint density at radius 1 is 0.905 bits per heavy atom. The molecule has 3 aromatic rings. The summed E-state index contributed by atoms with van der Waals surface area (Å²) in [6.45, 7) is 2.29. The molecule has 2 aromatic carbocycles. The maximum Gasteiger partial charge on any atom is 0.110 e. The van der Waals surface area contributed by atoms with Crippen LogP contribution in [-0.2, 0) is 6.42 Å². The Kier molecular flexibility index (Phi) is 2.88. The largest absolute Gasteiger partial charge is 0.325 e.